The van der Waals surface area contributed by atoms with E-state index in [1.807, 2.05) is 18.7 Å². The zero-order chi connectivity index (χ0) is 13.3. The van der Waals surface area contributed by atoms with Crippen molar-refractivity contribution in [2.45, 2.75) is 32.2 Å². The van der Waals surface area contributed by atoms with Gasteiger partial charge in [0.15, 0.2) is 5.65 Å². The number of hydrogen-bond donors (Lipinski definition) is 0. The molecule has 1 atom stereocenters. The summed E-state index contributed by atoms with van der Waals surface area (Å²) in [6.45, 7) is 4.75. The zero-order valence-corrected chi connectivity index (χ0v) is 12.0. The van der Waals surface area contributed by atoms with Gasteiger partial charge >= 0.3 is 0 Å². The Morgan fingerprint density at radius 2 is 2.17 bits per heavy atom. The number of aryl methyl sites for hydroxylation is 2. The number of imidazole rings is 1. The minimum atomic E-state index is 0.239. The van der Waals surface area contributed by atoms with Crippen molar-refractivity contribution < 1.29 is 4.74 Å². The van der Waals surface area contributed by atoms with Gasteiger partial charge in [-0.15, -0.1) is 11.6 Å². The average Bonchev–Trinajstić information content (AvgIpc) is 2.86. The van der Waals surface area contributed by atoms with Crippen molar-refractivity contribution >= 4 is 22.8 Å². The first-order valence-corrected chi connectivity index (χ1v) is 6.62. The number of halogens is 1. The lowest BCUT2D eigenvalue weighted by atomic mass is 10.2. The van der Waals surface area contributed by atoms with Gasteiger partial charge in [-0.2, -0.15) is 5.10 Å². The van der Waals surface area contributed by atoms with Crippen LogP contribution in [0.1, 0.15) is 30.9 Å². The van der Waals surface area contributed by atoms with E-state index in [1.54, 1.807) is 7.11 Å². The summed E-state index contributed by atoms with van der Waals surface area (Å²) in [5, 5.41) is 4.41. The van der Waals surface area contributed by atoms with E-state index in [2.05, 4.69) is 21.6 Å². The number of nitrogens with zero attached hydrogens (tertiary/aromatic N) is 4. The number of rotatable bonds is 5. The van der Waals surface area contributed by atoms with Crippen molar-refractivity contribution in [2.24, 2.45) is 7.05 Å². The largest absolute Gasteiger partial charge is 0.383 e. The lowest BCUT2D eigenvalue weighted by Crippen LogP contribution is -2.17. The molecule has 2 aromatic heterocycles. The zero-order valence-electron chi connectivity index (χ0n) is 11.3. The molecule has 6 heteroatoms. The molecular weight excluding hydrogens is 252 g/mol. The molecule has 0 fully saturated rings. The van der Waals surface area contributed by atoms with Crippen LogP contribution in [0.3, 0.4) is 0 Å². The quantitative estimate of drug-likeness (QED) is 0.784. The lowest BCUT2D eigenvalue weighted by molar-refractivity contribution is 0.153. The van der Waals surface area contributed by atoms with E-state index in [-0.39, 0.29) is 6.04 Å². The molecule has 0 radical (unpaired) electrons. The first-order chi connectivity index (χ1) is 8.63. The van der Waals surface area contributed by atoms with Crippen LogP contribution < -0.4 is 0 Å². The maximum absolute atomic E-state index is 6.01. The van der Waals surface area contributed by atoms with Gasteiger partial charge < -0.3 is 9.30 Å². The van der Waals surface area contributed by atoms with Crippen LogP contribution >= 0.6 is 11.6 Å². The molecule has 2 rings (SSSR count). The minimum Gasteiger partial charge on any atom is -0.383 e. The average molecular weight is 271 g/mol. The monoisotopic (exact) mass is 270 g/mol. The van der Waals surface area contributed by atoms with Crippen molar-refractivity contribution in [3.63, 3.8) is 0 Å². The molecule has 0 N–H and O–H groups in total. The standard InChI is InChI=1S/C12H19ClN4O/c1-5-9(7-18-4)17-10(6-13)14-11-8(2)15-16(3)12(11)17/h9H,5-7H2,1-4H3. The van der Waals surface area contributed by atoms with Crippen molar-refractivity contribution in [1.29, 1.82) is 0 Å². The summed E-state index contributed by atoms with van der Waals surface area (Å²) in [5.41, 5.74) is 2.89. The molecule has 0 saturated heterocycles. The fourth-order valence-corrected chi connectivity index (χ4v) is 2.57. The predicted octanol–water partition coefficient (Wildman–Crippen LogP) is 2.41. The molecule has 5 nitrogen and oxygen atoms in total. The maximum atomic E-state index is 6.01. The van der Waals surface area contributed by atoms with Gasteiger partial charge in [0.25, 0.3) is 0 Å². The molecule has 0 amide bonds. The summed E-state index contributed by atoms with van der Waals surface area (Å²) in [5.74, 6) is 1.28. The van der Waals surface area contributed by atoms with E-state index in [4.69, 9.17) is 16.3 Å². The third kappa shape index (κ3) is 2.01. The molecule has 0 saturated carbocycles. The summed E-state index contributed by atoms with van der Waals surface area (Å²) in [6.07, 6.45) is 0.966. The lowest BCUT2D eigenvalue weighted by Gasteiger charge is -2.19. The van der Waals surface area contributed by atoms with Crippen LogP contribution in [-0.2, 0) is 17.7 Å². The summed E-state index contributed by atoms with van der Waals surface area (Å²) in [7, 11) is 3.65. The van der Waals surface area contributed by atoms with Gasteiger partial charge in [0.1, 0.15) is 11.3 Å². The van der Waals surface area contributed by atoms with E-state index in [0.717, 1.165) is 29.1 Å². The van der Waals surface area contributed by atoms with E-state index in [9.17, 15) is 0 Å². The third-order valence-electron chi connectivity index (χ3n) is 3.22. The van der Waals surface area contributed by atoms with Crippen molar-refractivity contribution in [3.8, 4) is 0 Å². The number of methoxy groups -OCH3 is 1. The van der Waals surface area contributed by atoms with E-state index >= 15 is 0 Å². The van der Waals surface area contributed by atoms with Crippen LogP contribution in [0.25, 0.3) is 11.2 Å². The summed E-state index contributed by atoms with van der Waals surface area (Å²) >= 11 is 6.01. The number of ether oxygens (including phenoxy) is 1. The van der Waals surface area contributed by atoms with E-state index in [1.165, 1.54) is 0 Å². The van der Waals surface area contributed by atoms with Crippen LogP contribution in [0.15, 0.2) is 0 Å². The van der Waals surface area contributed by atoms with Gasteiger partial charge in [0, 0.05) is 14.2 Å². The van der Waals surface area contributed by atoms with Crippen LogP contribution in [0.4, 0.5) is 0 Å². The Morgan fingerprint density at radius 3 is 2.72 bits per heavy atom. The minimum absolute atomic E-state index is 0.239. The number of hydrogen-bond acceptors (Lipinski definition) is 3. The Bertz CT molecular complexity index is 546. The Labute approximate surface area is 112 Å². The van der Waals surface area contributed by atoms with Crippen molar-refractivity contribution in [2.75, 3.05) is 13.7 Å². The van der Waals surface area contributed by atoms with Crippen molar-refractivity contribution in [1.82, 2.24) is 19.3 Å². The predicted molar refractivity (Wildman–Crippen MR) is 72.0 cm³/mol. The molecule has 0 aliphatic carbocycles. The van der Waals surface area contributed by atoms with Gasteiger partial charge in [-0.1, -0.05) is 6.92 Å². The van der Waals surface area contributed by atoms with Crippen molar-refractivity contribution in [3.05, 3.63) is 11.5 Å². The topological polar surface area (TPSA) is 44.9 Å². The fourth-order valence-electron chi connectivity index (χ4n) is 2.39. The highest BCUT2D eigenvalue weighted by Gasteiger charge is 2.21. The molecule has 0 aromatic carbocycles. The summed E-state index contributed by atoms with van der Waals surface area (Å²) < 4.78 is 9.32. The highest BCUT2D eigenvalue weighted by molar-refractivity contribution is 6.16. The second kappa shape index (κ2) is 5.28. The van der Waals surface area contributed by atoms with Gasteiger partial charge in [0.2, 0.25) is 0 Å². The van der Waals surface area contributed by atoms with E-state index < -0.39 is 0 Å². The fraction of sp³-hybridized carbons (Fsp3) is 0.667. The van der Waals surface area contributed by atoms with Gasteiger partial charge in [-0.05, 0) is 13.3 Å². The first-order valence-electron chi connectivity index (χ1n) is 6.09. The number of alkyl halides is 1. The van der Waals surface area contributed by atoms with Crippen LogP contribution in [0.5, 0.6) is 0 Å². The molecule has 0 aliphatic heterocycles. The van der Waals surface area contributed by atoms with Gasteiger partial charge in [0.05, 0.1) is 24.2 Å². The highest BCUT2D eigenvalue weighted by Crippen LogP contribution is 2.26. The molecule has 2 aromatic rings. The Morgan fingerprint density at radius 1 is 1.44 bits per heavy atom. The van der Waals surface area contributed by atoms with Gasteiger partial charge in [-0.3, -0.25) is 4.68 Å². The molecule has 0 aliphatic rings. The Balaban J connectivity index is 2.65. The third-order valence-corrected chi connectivity index (χ3v) is 3.46. The molecule has 18 heavy (non-hydrogen) atoms. The molecule has 100 valence electrons. The smallest absolute Gasteiger partial charge is 0.159 e. The molecule has 1 unspecified atom stereocenters. The number of fused-ring (bicyclic) bond motifs is 1. The first kappa shape index (κ1) is 13.4. The van der Waals surface area contributed by atoms with Crippen LogP contribution in [0, 0.1) is 6.92 Å². The maximum Gasteiger partial charge on any atom is 0.159 e. The molecular formula is C12H19ClN4O. The van der Waals surface area contributed by atoms with Crippen LogP contribution in [-0.4, -0.2) is 33.0 Å². The van der Waals surface area contributed by atoms with Gasteiger partial charge in [-0.25, -0.2) is 4.98 Å². The highest BCUT2D eigenvalue weighted by atomic mass is 35.5. The molecule has 0 spiro atoms. The second-order valence-corrected chi connectivity index (χ2v) is 4.70. The summed E-state index contributed by atoms with van der Waals surface area (Å²) in [6, 6.07) is 0.239. The SMILES string of the molecule is CCC(COC)n1c(CCl)nc2c(C)nn(C)c21. The van der Waals surface area contributed by atoms with Crippen LogP contribution in [0.2, 0.25) is 0 Å². The molecule has 2 heterocycles. The molecule has 0 bridgehead atoms. The normalized spacial score (nSPS) is 13.4. The Hall–Kier alpha value is -1.07. The Kier molecular flexibility index (Phi) is 3.92. The second-order valence-electron chi connectivity index (χ2n) is 4.43. The number of aromatic nitrogens is 4. The summed E-state index contributed by atoms with van der Waals surface area (Å²) in [4.78, 5) is 4.59. The van der Waals surface area contributed by atoms with E-state index in [0.29, 0.717) is 12.5 Å².